The molecule has 0 aromatic carbocycles. The topological polar surface area (TPSA) is 0 Å². The molecule has 0 aliphatic rings. The number of hydrogen-bond donors (Lipinski definition) is 0. The molecule has 0 aromatic rings. The summed E-state index contributed by atoms with van der Waals surface area (Å²) in [5, 5.41) is 0. The van der Waals surface area contributed by atoms with Crippen LogP contribution < -0.4 is 0 Å². The molecule has 4 heteroatoms. The van der Waals surface area contributed by atoms with E-state index in [9.17, 15) is 0 Å². The zero-order chi connectivity index (χ0) is 0. The molecule has 28 valence electrons. The largest absolute Gasteiger partial charge is 0 e. The maximum atomic E-state index is 0. The molecule has 0 saturated carbocycles. The van der Waals surface area contributed by atoms with Gasteiger partial charge in [0.05, 0.1) is 0 Å². The molecule has 0 spiro atoms. The second-order valence-electron chi connectivity index (χ2n) is 0. The second kappa shape index (κ2) is 17.5. The van der Waals surface area contributed by atoms with E-state index in [2.05, 4.69) is 0 Å². The fraction of sp³-hybridized carbons (Fsp3) is 0. The van der Waals surface area contributed by atoms with Crippen molar-refractivity contribution in [3.05, 3.63) is 0 Å². The molecular weight excluding hydrogens is 285 g/mol. The van der Waals surface area contributed by atoms with Gasteiger partial charge in [-0.1, -0.05) is 0 Å². The zero-order valence-electron chi connectivity index (χ0n) is 1.81. The van der Waals surface area contributed by atoms with Crippen LogP contribution in [-0.2, 0) is 80.6 Å². The summed E-state index contributed by atoms with van der Waals surface area (Å²) >= 11 is 0. The van der Waals surface area contributed by atoms with E-state index in [0.29, 0.717) is 0 Å². The van der Waals surface area contributed by atoms with Crippen LogP contribution in [0, 0.1) is 0 Å². The summed E-state index contributed by atoms with van der Waals surface area (Å²) in [4.78, 5) is 0. The molecule has 0 atom stereocenters. The minimum absolute atomic E-state index is 0. The van der Waals surface area contributed by atoms with Gasteiger partial charge in [-0.2, -0.15) is 0 Å². The molecule has 0 fully saturated rings. The van der Waals surface area contributed by atoms with E-state index >= 15 is 0 Å². The Balaban J connectivity index is 0. The van der Waals surface area contributed by atoms with Crippen molar-refractivity contribution < 1.29 is 80.6 Å². The van der Waals surface area contributed by atoms with Crippen molar-refractivity contribution in [3.63, 3.8) is 0 Å². The molecule has 0 aromatic heterocycles. The third kappa shape index (κ3) is 8.82. The van der Waals surface area contributed by atoms with Crippen molar-refractivity contribution in [2.24, 2.45) is 0 Å². The predicted octanol–water partition coefficient (Wildman–Crippen LogP) is -0.0100. The van der Waals surface area contributed by atoms with Crippen LogP contribution in [0.1, 0.15) is 0 Å². The van der Waals surface area contributed by atoms with Crippen molar-refractivity contribution in [1.29, 1.82) is 0 Å². The van der Waals surface area contributed by atoms with Gasteiger partial charge in [0.25, 0.3) is 0 Å². The predicted molar refractivity (Wildman–Crippen MR) is 0 cm³/mol. The molecule has 0 aliphatic carbocycles. The Bertz CT molecular complexity index is 8.00. The van der Waals surface area contributed by atoms with Crippen LogP contribution in [0.5, 0.6) is 0 Å². The molecule has 0 unspecified atom stereocenters. The second-order valence-corrected chi connectivity index (χ2v) is 0. The summed E-state index contributed by atoms with van der Waals surface area (Å²) in [6, 6.07) is 0. The third-order valence-corrected chi connectivity index (χ3v) is 0. The molecule has 0 rings (SSSR count). The van der Waals surface area contributed by atoms with E-state index in [-0.39, 0.29) is 80.6 Å². The molecule has 2 radical (unpaired) electrons. The molecule has 0 heterocycles. The summed E-state index contributed by atoms with van der Waals surface area (Å²) in [5.74, 6) is 0. The van der Waals surface area contributed by atoms with Crippen molar-refractivity contribution in [2.45, 2.75) is 0 Å². The SMILES string of the molecule is [Ag].[Cu].[Ti].[Zn]. The summed E-state index contributed by atoms with van der Waals surface area (Å²) in [6.45, 7) is 0. The Hall–Kier alpha value is 2.60. The molecule has 0 bridgehead atoms. The van der Waals surface area contributed by atoms with E-state index in [1.54, 1.807) is 0 Å². The molecule has 0 aliphatic heterocycles. The molecule has 0 amide bonds. The Morgan fingerprint density at radius 2 is 1.00 bits per heavy atom. The quantitative estimate of drug-likeness (QED) is 0.549. The van der Waals surface area contributed by atoms with E-state index in [1.807, 2.05) is 0 Å². The van der Waals surface area contributed by atoms with Gasteiger partial charge in [0.2, 0.25) is 0 Å². The first-order valence-electron chi connectivity index (χ1n) is 0. The monoisotopic (exact) mass is 282 g/mol. The van der Waals surface area contributed by atoms with Crippen molar-refractivity contribution >= 4 is 0 Å². The summed E-state index contributed by atoms with van der Waals surface area (Å²) in [6.07, 6.45) is 0. The fourth-order valence-electron chi connectivity index (χ4n) is 0. The van der Waals surface area contributed by atoms with E-state index in [4.69, 9.17) is 0 Å². The van der Waals surface area contributed by atoms with Crippen molar-refractivity contribution in [2.75, 3.05) is 0 Å². The van der Waals surface area contributed by atoms with Crippen LogP contribution in [-0.4, -0.2) is 0 Å². The van der Waals surface area contributed by atoms with Gasteiger partial charge in [-0.25, -0.2) is 0 Å². The standard InChI is InChI=1S/Ag.Cu.Ti.Zn. The van der Waals surface area contributed by atoms with Crippen molar-refractivity contribution in [1.82, 2.24) is 0 Å². The molecule has 4 heavy (non-hydrogen) atoms. The Morgan fingerprint density at radius 1 is 1.00 bits per heavy atom. The van der Waals surface area contributed by atoms with Crippen LogP contribution in [0.15, 0.2) is 0 Å². The van der Waals surface area contributed by atoms with Gasteiger partial charge in [-0.15, -0.1) is 0 Å². The van der Waals surface area contributed by atoms with Gasteiger partial charge in [0.15, 0.2) is 0 Å². The Labute approximate surface area is 79.5 Å². The number of rotatable bonds is 0. The molecule has 0 nitrogen and oxygen atoms in total. The maximum absolute atomic E-state index is 0. The Morgan fingerprint density at radius 3 is 1.00 bits per heavy atom. The van der Waals surface area contributed by atoms with Crippen LogP contribution in [0.3, 0.4) is 0 Å². The molecule has 0 saturated heterocycles. The van der Waals surface area contributed by atoms with Crippen LogP contribution in [0.2, 0.25) is 0 Å². The molecular formula is AgCuTiZn. The normalized spacial score (nSPS) is 0. The van der Waals surface area contributed by atoms with Gasteiger partial charge in [-0.3, -0.25) is 0 Å². The van der Waals surface area contributed by atoms with E-state index in [1.165, 1.54) is 0 Å². The number of hydrogen-bond acceptors (Lipinski definition) is 0. The van der Waals surface area contributed by atoms with E-state index in [0.717, 1.165) is 0 Å². The van der Waals surface area contributed by atoms with Gasteiger partial charge in [0, 0.05) is 80.6 Å². The van der Waals surface area contributed by atoms with Crippen LogP contribution in [0.25, 0.3) is 0 Å². The van der Waals surface area contributed by atoms with Gasteiger partial charge in [0.1, 0.15) is 0 Å². The minimum Gasteiger partial charge on any atom is 0 e. The first kappa shape index (κ1) is 30.6. The smallest absolute Gasteiger partial charge is 0 e. The van der Waals surface area contributed by atoms with Gasteiger partial charge >= 0.3 is 0 Å². The average Bonchev–Trinajstić information content (AvgIpc) is 0. The fourth-order valence-corrected chi connectivity index (χ4v) is 0. The first-order chi connectivity index (χ1) is 0. The summed E-state index contributed by atoms with van der Waals surface area (Å²) in [5.41, 5.74) is 0. The van der Waals surface area contributed by atoms with E-state index < -0.39 is 0 Å². The summed E-state index contributed by atoms with van der Waals surface area (Å²) < 4.78 is 0. The summed E-state index contributed by atoms with van der Waals surface area (Å²) in [7, 11) is 0. The average molecular weight is 285 g/mol. The first-order valence-corrected chi connectivity index (χ1v) is 0. The van der Waals surface area contributed by atoms with Crippen LogP contribution in [0.4, 0.5) is 0 Å². The Kier molecular flexibility index (Phi) is 134. The molecule has 0 N–H and O–H groups in total. The minimum atomic E-state index is 0. The van der Waals surface area contributed by atoms with Crippen LogP contribution >= 0.6 is 0 Å². The van der Waals surface area contributed by atoms with Crippen molar-refractivity contribution in [3.8, 4) is 0 Å². The maximum Gasteiger partial charge on any atom is 0 e. The third-order valence-electron chi connectivity index (χ3n) is 0. The van der Waals surface area contributed by atoms with Gasteiger partial charge < -0.3 is 0 Å². The van der Waals surface area contributed by atoms with Gasteiger partial charge in [-0.05, 0) is 0 Å². The zero-order valence-corrected chi connectivity index (χ0v) is 8.76.